The van der Waals surface area contributed by atoms with E-state index in [0.717, 1.165) is 5.71 Å². The summed E-state index contributed by atoms with van der Waals surface area (Å²) in [5.41, 5.74) is 4.67. The molecular formula is C17H16N2. The fourth-order valence-corrected chi connectivity index (χ4v) is 2.24. The van der Waals surface area contributed by atoms with Crippen molar-refractivity contribution in [2.24, 2.45) is 4.99 Å². The molecule has 0 aromatic heterocycles. The predicted molar refractivity (Wildman–Crippen MR) is 80.0 cm³/mol. The smallest absolute Gasteiger partial charge is 0.110 e. The molecule has 0 amide bonds. The first-order chi connectivity index (χ1) is 9.34. The lowest BCUT2D eigenvalue weighted by molar-refractivity contribution is 0.493. The van der Waals surface area contributed by atoms with Crippen molar-refractivity contribution in [1.29, 1.82) is 0 Å². The van der Waals surface area contributed by atoms with Gasteiger partial charge in [0, 0.05) is 12.7 Å². The van der Waals surface area contributed by atoms with Crippen LogP contribution in [0.5, 0.6) is 0 Å². The van der Waals surface area contributed by atoms with Gasteiger partial charge in [-0.2, -0.15) is 0 Å². The Balaban J connectivity index is 2.00. The lowest BCUT2D eigenvalue weighted by Gasteiger charge is -2.25. The molecule has 0 radical (unpaired) electrons. The summed E-state index contributed by atoms with van der Waals surface area (Å²) in [6.45, 7) is 0.699. The van der Waals surface area contributed by atoms with E-state index in [1.165, 1.54) is 16.8 Å². The van der Waals surface area contributed by atoms with Gasteiger partial charge in [-0.3, -0.25) is 4.99 Å². The zero-order valence-corrected chi connectivity index (χ0v) is 11.0. The molecule has 0 atom stereocenters. The summed E-state index contributed by atoms with van der Waals surface area (Å²) in [6.07, 6.45) is 2.16. The minimum absolute atomic E-state index is 0.699. The van der Waals surface area contributed by atoms with Crippen molar-refractivity contribution in [3.8, 4) is 0 Å². The second-order valence-corrected chi connectivity index (χ2v) is 4.64. The van der Waals surface area contributed by atoms with Gasteiger partial charge in [0.2, 0.25) is 0 Å². The molecule has 0 N–H and O–H groups in total. The van der Waals surface area contributed by atoms with Gasteiger partial charge in [-0.15, -0.1) is 0 Å². The normalized spacial score (nSPS) is 14.9. The van der Waals surface area contributed by atoms with Crippen molar-refractivity contribution in [1.82, 2.24) is 4.90 Å². The zero-order valence-electron chi connectivity index (χ0n) is 11.0. The molecule has 0 unspecified atom stereocenters. The Bertz CT molecular complexity index is 612. The second kappa shape index (κ2) is 5.11. The monoisotopic (exact) mass is 248 g/mol. The molecule has 1 aliphatic heterocycles. The van der Waals surface area contributed by atoms with Crippen LogP contribution < -0.4 is 0 Å². The van der Waals surface area contributed by atoms with Crippen molar-refractivity contribution in [3.63, 3.8) is 0 Å². The molecule has 0 bridgehead atoms. The lowest BCUT2D eigenvalue weighted by Crippen LogP contribution is -2.23. The van der Waals surface area contributed by atoms with Crippen molar-refractivity contribution >= 4 is 11.4 Å². The van der Waals surface area contributed by atoms with Crippen LogP contribution in [0, 0.1) is 0 Å². The van der Waals surface area contributed by atoms with Crippen LogP contribution in [-0.4, -0.2) is 24.3 Å². The summed E-state index contributed by atoms with van der Waals surface area (Å²) in [6, 6.07) is 20.8. The second-order valence-electron chi connectivity index (χ2n) is 4.64. The average Bonchev–Trinajstić information content (AvgIpc) is 2.49. The van der Waals surface area contributed by atoms with E-state index in [-0.39, 0.29) is 0 Å². The predicted octanol–water partition coefficient (Wildman–Crippen LogP) is 3.42. The summed E-state index contributed by atoms with van der Waals surface area (Å²) in [4.78, 5) is 6.79. The summed E-state index contributed by atoms with van der Waals surface area (Å²) in [7, 11) is 2.07. The van der Waals surface area contributed by atoms with Crippen molar-refractivity contribution in [2.45, 2.75) is 0 Å². The molecule has 1 aliphatic rings. The van der Waals surface area contributed by atoms with Crippen molar-refractivity contribution < 1.29 is 0 Å². The van der Waals surface area contributed by atoms with Gasteiger partial charge in [0.05, 0.1) is 5.71 Å². The maximum Gasteiger partial charge on any atom is 0.110 e. The van der Waals surface area contributed by atoms with Gasteiger partial charge >= 0.3 is 0 Å². The van der Waals surface area contributed by atoms with Crippen LogP contribution in [0.25, 0.3) is 5.70 Å². The molecule has 19 heavy (non-hydrogen) atoms. The van der Waals surface area contributed by atoms with Crippen LogP contribution >= 0.6 is 0 Å². The molecule has 3 rings (SSSR count). The first-order valence-electron chi connectivity index (χ1n) is 6.43. The maximum atomic E-state index is 4.62. The number of hydrogen-bond acceptors (Lipinski definition) is 2. The molecule has 94 valence electrons. The van der Waals surface area contributed by atoms with E-state index < -0.39 is 0 Å². The van der Waals surface area contributed by atoms with Crippen LogP contribution in [0.15, 0.2) is 71.7 Å². The highest BCUT2D eigenvalue weighted by atomic mass is 15.2. The molecule has 0 spiro atoms. The Morgan fingerprint density at radius 2 is 1.42 bits per heavy atom. The largest absolute Gasteiger partial charge is 0.355 e. The van der Waals surface area contributed by atoms with Gasteiger partial charge in [-0.1, -0.05) is 60.7 Å². The van der Waals surface area contributed by atoms with Crippen molar-refractivity contribution in [3.05, 3.63) is 77.9 Å². The summed E-state index contributed by atoms with van der Waals surface area (Å²) >= 11 is 0. The lowest BCUT2D eigenvalue weighted by atomic mass is 10.0. The Kier molecular flexibility index (Phi) is 3.15. The van der Waals surface area contributed by atoms with Gasteiger partial charge in [0.25, 0.3) is 0 Å². The standard InChI is InChI=1S/C17H16N2/c1-19-13-18-16(14-8-4-2-5-9-14)12-17(19)15-10-6-3-7-11-15/h2-12H,13H2,1H3. The van der Waals surface area contributed by atoms with Gasteiger partial charge in [0.15, 0.2) is 0 Å². The number of benzene rings is 2. The molecule has 0 fully saturated rings. The van der Waals surface area contributed by atoms with Gasteiger partial charge in [-0.25, -0.2) is 0 Å². The highest BCUT2D eigenvalue weighted by Gasteiger charge is 2.13. The molecule has 2 heteroatoms. The SMILES string of the molecule is CN1CN=C(c2ccccc2)C=C1c1ccccc1. The van der Waals surface area contributed by atoms with E-state index in [1.54, 1.807) is 0 Å². The zero-order chi connectivity index (χ0) is 13.1. The van der Waals surface area contributed by atoms with Crippen LogP contribution in [0.2, 0.25) is 0 Å². The molecule has 0 saturated carbocycles. The molecule has 2 nitrogen and oxygen atoms in total. The number of rotatable bonds is 2. The van der Waals surface area contributed by atoms with E-state index in [9.17, 15) is 0 Å². The molecule has 0 aliphatic carbocycles. The van der Waals surface area contributed by atoms with Crippen LogP contribution in [0.1, 0.15) is 11.1 Å². The maximum absolute atomic E-state index is 4.62. The minimum atomic E-state index is 0.699. The number of nitrogens with zero attached hydrogens (tertiary/aromatic N) is 2. The van der Waals surface area contributed by atoms with E-state index in [1.807, 2.05) is 24.3 Å². The molecule has 0 saturated heterocycles. The summed E-state index contributed by atoms with van der Waals surface area (Å²) in [5.74, 6) is 0. The molecule has 1 heterocycles. The molecular weight excluding hydrogens is 232 g/mol. The van der Waals surface area contributed by atoms with Crippen LogP contribution in [-0.2, 0) is 0 Å². The fraction of sp³-hybridized carbons (Fsp3) is 0.118. The first-order valence-corrected chi connectivity index (χ1v) is 6.43. The third-order valence-corrected chi connectivity index (χ3v) is 3.28. The number of allylic oxidation sites excluding steroid dienone is 1. The molecule has 2 aromatic carbocycles. The highest BCUT2D eigenvalue weighted by molar-refractivity contribution is 6.12. The quantitative estimate of drug-likeness (QED) is 0.795. The van der Waals surface area contributed by atoms with E-state index in [2.05, 4.69) is 59.4 Å². The number of aliphatic imine (C=N–C) groups is 1. The van der Waals surface area contributed by atoms with E-state index in [4.69, 9.17) is 0 Å². The van der Waals surface area contributed by atoms with Gasteiger partial charge in [-0.05, 0) is 17.2 Å². The van der Waals surface area contributed by atoms with Crippen molar-refractivity contribution in [2.75, 3.05) is 13.7 Å². The van der Waals surface area contributed by atoms with Gasteiger partial charge in [0.1, 0.15) is 6.67 Å². The number of hydrogen-bond donors (Lipinski definition) is 0. The molecule has 2 aromatic rings. The topological polar surface area (TPSA) is 15.6 Å². The van der Waals surface area contributed by atoms with Crippen LogP contribution in [0.3, 0.4) is 0 Å². The van der Waals surface area contributed by atoms with Gasteiger partial charge < -0.3 is 4.90 Å². The first kappa shape index (κ1) is 11.7. The van der Waals surface area contributed by atoms with E-state index in [0.29, 0.717) is 6.67 Å². The minimum Gasteiger partial charge on any atom is -0.355 e. The Morgan fingerprint density at radius 3 is 2.05 bits per heavy atom. The summed E-state index contributed by atoms with van der Waals surface area (Å²) < 4.78 is 0. The highest BCUT2D eigenvalue weighted by Crippen LogP contribution is 2.22. The van der Waals surface area contributed by atoms with E-state index >= 15 is 0 Å². The Labute approximate surface area is 113 Å². The third kappa shape index (κ3) is 2.43. The third-order valence-electron chi connectivity index (χ3n) is 3.28. The summed E-state index contributed by atoms with van der Waals surface area (Å²) in [5, 5.41) is 0. The van der Waals surface area contributed by atoms with Crippen LogP contribution in [0.4, 0.5) is 0 Å². The Hall–Kier alpha value is -2.35. The average molecular weight is 248 g/mol. The Morgan fingerprint density at radius 1 is 0.842 bits per heavy atom. The fourth-order valence-electron chi connectivity index (χ4n) is 2.24.